The fraction of sp³-hybridized carbons (Fsp3) is 0.500. The Bertz CT molecular complexity index is 668. The van der Waals surface area contributed by atoms with E-state index in [0.717, 1.165) is 12.8 Å². The second-order valence-corrected chi connectivity index (χ2v) is 6.22. The zero-order valence-corrected chi connectivity index (χ0v) is 15.7. The molecule has 8 nitrogen and oxygen atoms in total. The third kappa shape index (κ3) is 9.70. The van der Waals surface area contributed by atoms with E-state index in [2.05, 4.69) is 0 Å². The van der Waals surface area contributed by atoms with Crippen molar-refractivity contribution in [1.82, 2.24) is 0 Å². The van der Waals surface area contributed by atoms with E-state index in [0.29, 0.717) is 32.3 Å². The summed E-state index contributed by atoms with van der Waals surface area (Å²) in [6.45, 7) is 0.500. The maximum absolute atomic E-state index is 11.9. The number of esters is 2. The standard InChI is InChI=1S/C20H26O8/c21-17(22)11-5-6-12-18(23)27-13-7-1-2-8-14-28-20(26)16-10-4-3-9-15(16)19(24)25/h3-4,9-10H,1-2,5-8,11-14H2,(H,21,22)(H,24,25). The maximum atomic E-state index is 11.9. The number of unbranched alkanes of at least 4 members (excludes halogenated alkanes) is 4. The Labute approximate surface area is 163 Å². The first-order valence-electron chi connectivity index (χ1n) is 9.28. The third-order valence-corrected chi connectivity index (χ3v) is 3.93. The van der Waals surface area contributed by atoms with Crippen molar-refractivity contribution in [1.29, 1.82) is 0 Å². The number of carbonyl (C=O) groups excluding carboxylic acids is 2. The number of rotatable bonds is 14. The van der Waals surface area contributed by atoms with E-state index in [4.69, 9.17) is 19.7 Å². The molecule has 154 valence electrons. The molecule has 1 aromatic carbocycles. The highest BCUT2D eigenvalue weighted by atomic mass is 16.5. The van der Waals surface area contributed by atoms with Crippen molar-refractivity contribution in [2.24, 2.45) is 0 Å². The second-order valence-electron chi connectivity index (χ2n) is 6.22. The molecule has 28 heavy (non-hydrogen) atoms. The molecule has 0 aliphatic heterocycles. The minimum absolute atomic E-state index is 0.0327. The molecular formula is C20H26O8. The van der Waals surface area contributed by atoms with Gasteiger partial charge in [0.05, 0.1) is 24.3 Å². The van der Waals surface area contributed by atoms with Crippen molar-refractivity contribution in [2.75, 3.05) is 13.2 Å². The van der Waals surface area contributed by atoms with Crippen LogP contribution < -0.4 is 0 Å². The number of carboxylic acids is 2. The average molecular weight is 394 g/mol. The molecule has 1 aromatic rings. The molecule has 0 aromatic heterocycles. The molecular weight excluding hydrogens is 368 g/mol. The van der Waals surface area contributed by atoms with Crippen LogP contribution in [0.1, 0.15) is 72.1 Å². The van der Waals surface area contributed by atoms with Gasteiger partial charge in [-0.15, -0.1) is 0 Å². The van der Waals surface area contributed by atoms with E-state index in [1.807, 2.05) is 0 Å². The summed E-state index contributed by atoms with van der Waals surface area (Å²) in [4.78, 5) is 44.8. The summed E-state index contributed by atoms with van der Waals surface area (Å²) in [6, 6.07) is 5.90. The van der Waals surface area contributed by atoms with Crippen LogP contribution >= 0.6 is 0 Å². The van der Waals surface area contributed by atoms with Crippen molar-refractivity contribution >= 4 is 23.9 Å². The third-order valence-electron chi connectivity index (χ3n) is 3.93. The molecule has 2 N–H and O–H groups in total. The van der Waals surface area contributed by atoms with Crippen molar-refractivity contribution in [3.05, 3.63) is 35.4 Å². The summed E-state index contributed by atoms with van der Waals surface area (Å²) < 4.78 is 10.2. The Morgan fingerprint density at radius 1 is 0.714 bits per heavy atom. The van der Waals surface area contributed by atoms with Gasteiger partial charge in [-0.25, -0.2) is 9.59 Å². The van der Waals surface area contributed by atoms with Gasteiger partial charge in [0.25, 0.3) is 0 Å². The van der Waals surface area contributed by atoms with Gasteiger partial charge < -0.3 is 19.7 Å². The first-order chi connectivity index (χ1) is 13.4. The molecule has 0 amide bonds. The van der Waals surface area contributed by atoms with E-state index in [1.165, 1.54) is 12.1 Å². The Hall–Kier alpha value is -2.90. The van der Waals surface area contributed by atoms with Gasteiger partial charge >= 0.3 is 23.9 Å². The Balaban J connectivity index is 2.06. The molecule has 1 rings (SSSR count). The topological polar surface area (TPSA) is 127 Å². The van der Waals surface area contributed by atoms with Crippen molar-refractivity contribution in [3.8, 4) is 0 Å². The lowest BCUT2D eigenvalue weighted by Crippen LogP contribution is -2.12. The molecule has 0 bridgehead atoms. The van der Waals surface area contributed by atoms with Crippen molar-refractivity contribution in [3.63, 3.8) is 0 Å². The van der Waals surface area contributed by atoms with E-state index in [-0.39, 0.29) is 36.5 Å². The zero-order chi connectivity index (χ0) is 20.8. The number of hydrogen-bond acceptors (Lipinski definition) is 6. The number of aromatic carboxylic acids is 1. The van der Waals surface area contributed by atoms with Gasteiger partial charge in [0.15, 0.2) is 0 Å². The van der Waals surface area contributed by atoms with E-state index in [9.17, 15) is 19.2 Å². The van der Waals surface area contributed by atoms with Crippen LogP contribution in [0.2, 0.25) is 0 Å². The summed E-state index contributed by atoms with van der Waals surface area (Å²) in [5.74, 6) is -3.03. The molecule has 8 heteroatoms. The van der Waals surface area contributed by atoms with Crippen LogP contribution in [0.5, 0.6) is 0 Å². The fourth-order valence-corrected chi connectivity index (χ4v) is 2.45. The molecule has 0 atom stereocenters. The minimum atomic E-state index is -1.18. The first kappa shape index (κ1) is 23.1. The Kier molecular flexibility index (Phi) is 11.0. The van der Waals surface area contributed by atoms with Gasteiger partial charge in [-0.3, -0.25) is 9.59 Å². The van der Waals surface area contributed by atoms with E-state index < -0.39 is 17.9 Å². The highest BCUT2D eigenvalue weighted by molar-refractivity contribution is 6.02. The summed E-state index contributed by atoms with van der Waals surface area (Å²) in [5, 5.41) is 17.6. The SMILES string of the molecule is O=C(O)CCCCC(=O)OCCCCCCOC(=O)c1ccccc1C(=O)O. The minimum Gasteiger partial charge on any atom is -0.481 e. The Morgan fingerprint density at radius 3 is 1.89 bits per heavy atom. The first-order valence-corrected chi connectivity index (χ1v) is 9.28. The average Bonchev–Trinajstić information content (AvgIpc) is 2.66. The summed E-state index contributed by atoms with van der Waals surface area (Å²) >= 11 is 0. The highest BCUT2D eigenvalue weighted by Gasteiger charge is 2.16. The summed E-state index contributed by atoms with van der Waals surface area (Å²) in [5.41, 5.74) is -0.0532. The largest absolute Gasteiger partial charge is 0.481 e. The van der Waals surface area contributed by atoms with Crippen molar-refractivity contribution < 1.29 is 38.9 Å². The van der Waals surface area contributed by atoms with Crippen LogP contribution in [0.25, 0.3) is 0 Å². The molecule has 0 aliphatic carbocycles. The van der Waals surface area contributed by atoms with Crippen LogP contribution in [-0.2, 0) is 19.1 Å². The lowest BCUT2D eigenvalue weighted by molar-refractivity contribution is -0.144. The number of carboxylic acid groups (broad SMARTS) is 2. The lowest BCUT2D eigenvalue weighted by Gasteiger charge is -2.07. The normalized spacial score (nSPS) is 10.3. The van der Waals surface area contributed by atoms with Crippen LogP contribution in [0.4, 0.5) is 0 Å². The van der Waals surface area contributed by atoms with Crippen LogP contribution in [0.15, 0.2) is 24.3 Å². The smallest absolute Gasteiger partial charge is 0.339 e. The zero-order valence-electron chi connectivity index (χ0n) is 15.7. The predicted molar refractivity (Wildman–Crippen MR) is 99.2 cm³/mol. The van der Waals surface area contributed by atoms with Gasteiger partial charge in [-0.2, -0.15) is 0 Å². The number of benzene rings is 1. The molecule has 0 saturated heterocycles. The number of aliphatic carboxylic acids is 1. The monoisotopic (exact) mass is 394 g/mol. The van der Waals surface area contributed by atoms with E-state index in [1.54, 1.807) is 12.1 Å². The summed E-state index contributed by atoms with van der Waals surface area (Å²) in [6.07, 6.45) is 4.14. The van der Waals surface area contributed by atoms with Gasteiger partial charge in [0.1, 0.15) is 0 Å². The maximum Gasteiger partial charge on any atom is 0.339 e. The van der Waals surface area contributed by atoms with Crippen LogP contribution in [0, 0.1) is 0 Å². The van der Waals surface area contributed by atoms with Gasteiger partial charge in [0, 0.05) is 12.8 Å². The van der Waals surface area contributed by atoms with Crippen molar-refractivity contribution in [2.45, 2.75) is 51.4 Å². The van der Waals surface area contributed by atoms with Gasteiger partial charge in [-0.1, -0.05) is 12.1 Å². The second kappa shape index (κ2) is 13.3. The Morgan fingerprint density at radius 2 is 1.29 bits per heavy atom. The molecule has 0 spiro atoms. The van der Waals surface area contributed by atoms with E-state index >= 15 is 0 Å². The number of ether oxygens (including phenoxy) is 2. The molecule has 0 unspecified atom stereocenters. The van der Waals surface area contributed by atoms with Gasteiger partial charge in [0.2, 0.25) is 0 Å². The molecule has 0 saturated carbocycles. The molecule has 0 fully saturated rings. The van der Waals surface area contributed by atoms with Crippen LogP contribution in [-0.4, -0.2) is 47.3 Å². The summed E-state index contributed by atoms with van der Waals surface area (Å²) in [7, 11) is 0. The highest BCUT2D eigenvalue weighted by Crippen LogP contribution is 2.11. The predicted octanol–water partition coefficient (Wildman–Crippen LogP) is 3.29. The van der Waals surface area contributed by atoms with Gasteiger partial charge in [-0.05, 0) is 50.7 Å². The molecule has 0 radical (unpaired) electrons. The van der Waals surface area contributed by atoms with Crippen LogP contribution in [0.3, 0.4) is 0 Å². The molecule has 0 aliphatic rings. The number of hydrogen-bond donors (Lipinski definition) is 2. The quantitative estimate of drug-likeness (QED) is 0.363. The lowest BCUT2D eigenvalue weighted by atomic mass is 10.1. The molecule has 0 heterocycles. The fourth-order valence-electron chi connectivity index (χ4n) is 2.45. The number of carbonyl (C=O) groups is 4.